The minimum Gasteiger partial charge on any atom is -0.493 e. The molecule has 2 aromatic carbocycles. The Bertz CT molecular complexity index is 755. The molecule has 0 N–H and O–H groups in total. The Balaban J connectivity index is 2.23. The summed E-state index contributed by atoms with van der Waals surface area (Å²) < 4.78 is 25.2. The molecule has 3 nitrogen and oxygen atoms in total. The average Bonchev–Trinajstić information content (AvgIpc) is 2.70. The topological polar surface area (TPSA) is 35.5 Å². The van der Waals surface area contributed by atoms with Gasteiger partial charge in [-0.2, -0.15) is 0 Å². The minimum atomic E-state index is -0.454. The second-order valence-electron chi connectivity index (χ2n) is 6.67. The van der Waals surface area contributed by atoms with Gasteiger partial charge in [0.2, 0.25) is 0 Å². The number of benzene rings is 2. The van der Waals surface area contributed by atoms with Crippen molar-refractivity contribution >= 4 is 5.97 Å². The zero-order valence-corrected chi connectivity index (χ0v) is 16.5. The molecule has 146 valence electrons. The number of hydrogen-bond donors (Lipinski definition) is 0. The monoisotopic (exact) mass is 372 g/mol. The number of carbonyl (C=O) groups excluding carboxylic acids is 1. The molecule has 0 aliphatic heterocycles. The van der Waals surface area contributed by atoms with Gasteiger partial charge in [-0.1, -0.05) is 69.4 Å². The molecule has 0 radical (unpaired) electrons. The molecule has 0 amide bonds. The first-order valence-electron chi connectivity index (χ1n) is 9.67. The molecule has 0 saturated heterocycles. The highest BCUT2D eigenvalue weighted by Crippen LogP contribution is 2.36. The van der Waals surface area contributed by atoms with Crippen LogP contribution in [-0.2, 0) is 11.2 Å². The number of methoxy groups -OCH3 is 2. The molecule has 0 aliphatic rings. The van der Waals surface area contributed by atoms with E-state index in [2.05, 4.69) is 6.92 Å². The van der Waals surface area contributed by atoms with Crippen molar-refractivity contribution in [2.75, 3.05) is 14.2 Å². The molecule has 0 saturated carbocycles. The molecule has 0 spiro atoms. The lowest BCUT2D eigenvalue weighted by molar-refractivity contribution is 0.0601. The highest BCUT2D eigenvalue weighted by atomic mass is 19.1. The van der Waals surface area contributed by atoms with Crippen LogP contribution in [0.2, 0.25) is 0 Å². The van der Waals surface area contributed by atoms with Gasteiger partial charge in [0.15, 0.2) is 11.6 Å². The van der Waals surface area contributed by atoms with Crippen LogP contribution in [0.15, 0.2) is 36.4 Å². The molecule has 2 aromatic rings. The highest BCUT2D eigenvalue weighted by molar-refractivity contribution is 5.98. The van der Waals surface area contributed by atoms with Gasteiger partial charge in [0.1, 0.15) is 0 Å². The first kappa shape index (κ1) is 20.9. The Morgan fingerprint density at radius 3 is 2.33 bits per heavy atom. The first-order valence-corrected chi connectivity index (χ1v) is 9.67. The predicted octanol–water partition coefficient (Wildman–Crippen LogP) is 6.19. The number of halogens is 1. The predicted molar refractivity (Wildman–Crippen MR) is 107 cm³/mol. The highest BCUT2D eigenvalue weighted by Gasteiger charge is 2.20. The van der Waals surface area contributed by atoms with Crippen molar-refractivity contribution in [3.8, 4) is 16.9 Å². The molecular weight excluding hydrogens is 343 g/mol. The van der Waals surface area contributed by atoms with Crippen LogP contribution < -0.4 is 4.74 Å². The van der Waals surface area contributed by atoms with Crippen molar-refractivity contribution < 1.29 is 18.7 Å². The third-order valence-electron chi connectivity index (χ3n) is 4.80. The number of aryl methyl sites for hydroxylation is 1. The summed E-state index contributed by atoms with van der Waals surface area (Å²) in [5.74, 6) is -0.623. The number of unbranched alkanes of at least 4 members (excludes halogenated alkanes) is 5. The number of carbonyl (C=O) groups is 1. The van der Waals surface area contributed by atoms with E-state index in [4.69, 9.17) is 9.47 Å². The minimum absolute atomic E-state index is 0.176. The summed E-state index contributed by atoms with van der Waals surface area (Å²) in [6.07, 6.45) is 7.67. The summed E-state index contributed by atoms with van der Waals surface area (Å²) in [6.45, 7) is 2.20. The van der Waals surface area contributed by atoms with Crippen molar-refractivity contribution in [2.45, 2.75) is 51.9 Å². The van der Waals surface area contributed by atoms with E-state index < -0.39 is 5.97 Å². The summed E-state index contributed by atoms with van der Waals surface area (Å²) in [4.78, 5) is 12.1. The van der Waals surface area contributed by atoms with Gasteiger partial charge in [0.05, 0.1) is 19.8 Å². The van der Waals surface area contributed by atoms with E-state index >= 15 is 4.39 Å². The summed E-state index contributed by atoms with van der Waals surface area (Å²) >= 11 is 0. The normalized spacial score (nSPS) is 10.7. The maximum atomic E-state index is 15.0. The summed E-state index contributed by atoms with van der Waals surface area (Å²) in [5.41, 5.74) is 2.21. The van der Waals surface area contributed by atoms with Crippen molar-refractivity contribution in [3.63, 3.8) is 0 Å². The maximum Gasteiger partial charge on any atom is 0.338 e. The van der Waals surface area contributed by atoms with Gasteiger partial charge in [-0.15, -0.1) is 0 Å². The van der Waals surface area contributed by atoms with Gasteiger partial charge in [0, 0.05) is 5.56 Å². The third kappa shape index (κ3) is 5.31. The smallest absolute Gasteiger partial charge is 0.338 e. The Kier molecular flexibility index (Phi) is 8.31. The van der Waals surface area contributed by atoms with Crippen molar-refractivity contribution in [1.82, 2.24) is 0 Å². The lowest BCUT2D eigenvalue weighted by atomic mass is 9.95. The van der Waals surface area contributed by atoms with Gasteiger partial charge in [-0.25, -0.2) is 9.18 Å². The maximum absolute atomic E-state index is 15.0. The van der Waals surface area contributed by atoms with Gasteiger partial charge in [-0.3, -0.25) is 0 Å². The summed E-state index contributed by atoms with van der Waals surface area (Å²) in [5, 5.41) is 0. The van der Waals surface area contributed by atoms with Gasteiger partial charge in [0.25, 0.3) is 0 Å². The number of esters is 1. The van der Waals surface area contributed by atoms with Crippen LogP contribution in [0.3, 0.4) is 0 Å². The van der Waals surface area contributed by atoms with E-state index in [1.807, 2.05) is 12.1 Å². The molecule has 4 heteroatoms. The van der Waals surface area contributed by atoms with E-state index in [0.29, 0.717) is 28.7 Å². The average molecular weight is 372 g/mol. The Labute approximate surface area is 161 Å². The third-order valence-corrected chi connectivity index (χ3v) is 4.80. The largest absolute Gasteiger partial charge is 0.493 e. The number of rotatable bonds is 10. The zero-order chi connectivity index (χ0) is 19.6. The molecule has 0 unspecified atom stereocenters. The fourth-order valence-electron chi connectivity index (χ4n) is 3.30. The zero-order valence-electron chi connectivity index (χ0n) is 16.5. The van der Waals surface area contributed by atoms with Crippen LogP contribution in [0.4, 0.5) is 4.39 Å². The number of hydrogen-bond acceptors (Lipinski definition) is 3. The van der Waals surface area contributed by atoms with Crippen LogP contribution in [0.1, 0.15) is 61.4 Å². The van der Waals surface area contributed by atoms with Gasteiger partial charge < -0.3 is 9.47 Å². The first-order chi connectivity index (χ1) is 13.1. The van der Waals surface area contributed by atoms with Crippen molar-refractivity contribution in [1.29, 1.82) is 0 Å². The Morgan fingerprint density at radius 1 is 0.926 bits per heavy atom. The molecule has 0 atom stereocenters. The van der Waals surface area contributed by atoms with Crippen LogP contribution >= 0.6 is 0 Å². The fourth-order valence-corrected chi connectivity index (χ4v) is 3.30. The van der Waals surface area contributed by atoms with E-state index in [9.17, 15) is 4.79 Å². The van der Waals surface area contributed by atoms with E-state index in [0.717, 1.165) is 12.8 Å². The molecule has 0 fully saturated rings. The van der Waals surface area contributed by atoms with Crippen LogP contribution in [-0.4, -0.2) is 20.2 Å². The summed E-state index contributed by atoms with van der Waals surface area (Å²) in [7, 11) is 2.79. The Hall–Kier alpha value is -2.36. The van der Waals surface area contributed by atoms with Crippen LogP contribution in [0.5, 0.6) is 5.75 Å². The van der Waals surface area contributed by atoms with Crippen LogP contribution in [0.25, 0.3) is 11.1 Å². The fraction of sp³-hybridized carbons (Fsp3) is 0.435. The van der Waals surface area contributed by atoms with Gasteiger partial charge in [-0.05, 0) is 30.0 Å². The Morgan fingerprint density at radius 2 is 1.63 bits per heavy atom. The van der Waals surface area contributed by atoms with Crippen molar-refractivity contribution in [2.24, 2.45) is 0 Å². The van der Waals surface area contributed by atoms with Gasteiger partial charge >= 0.3 is 5.97 Å². The van der Waals surface area contributed by atoms with Crippen molar-refractivity contribution in [3.05, 3.63) is 53.3 Å². The van der Waals surface area contributed by atoms with E-state index in [1.54, 1.807) is 24.3 Å². The lowest BCUT2D eigenvalue weighted by Gasteiger charge is -2.15. The second kappa shape index (κ2) is 10.7. The SMILES string of the molecule is CCCCCCCCc1ccc(-c2ccccc2C(=O)OC)c(OC)c1F. The molecule has 0 aromatic heterocycles. The molecule has 0 aliphatic carbocycles. The second-order valence-corrected chi connectivity index (χ2v) is 6.67. The molecule has 0 bridgehead atoms. The van der Waals surface area contributed by atoms with E-state index in [1.165, 1.54) is 39.9 Å². The number of ether oxygens (including phenoxy) is 2. The molecule has 2 rings (SSSR count). The molecule has 0 heterocycles. The quantitative estimate of drug-likeness (QED) is 0.368. The summed E-state index contributed by atoms with van der Waals surface area (Å²) in [6, 6.07) is 10.6. The standard InChI is InChI=1S/C23H29FO3/c1-4-5-6-7-8-9-12-17-15-16-19(22(26-2)21(17)24)18-13-10-11-14-20(18)23(25)27-3/h10-11,13-16H,4-9,12H2,1-3H3. The lowest BCUT2D eigenvalue weighted by Crippen LogP contribution is -2.05. The van der Waals surface area contributed by atoms with Crippen LogP contribution in [0, 0.1) is 5.82 Å². The molecule has 27 heavy (non-hydrogen) atoms. The van der Waals surface area contributed by atoms with E-state index in [-0.39, 0.29) is 11.6 Å². The molecular formula is C23H29FO3.